The van der Waals surface area contributed by atoms with Crippen LogP contribution in [0.3, 0.4) is 0 Å². The van der Waals surface area contributed by atoms with Gasteiger partial charge in [0, 0.05) is 55.5 Å². The van der Waals surface area contributed by atoms with Crippen LogP contribution in [0.1, 0.15) is 50.7 Å². The van der Waals surface area contributed by atoms with Gasteiger partial charge in [-0.1, -0.05) is 56.3 Å². The average molecular weight is 459 g/mol. The second-order valence-corrected chi connectivity index (χ2v) is 10.3. The van der Waals surface area contributed by atoms with Crippen LogP contribution in [0.25, 0.3) is 0 Å². The van der Waals surface area contributed by atoms with Crippen LogP contribution in [0.2, 0.25) is 0 Å². The summed E-state index contributed by atoms with van der Waals surface area (Å²) in [4.78, 5) is 28.8. The Kier molecular flexibility index (Phi) is 6.65. The Labute approximate surface area is 202 Å². The van der Waals surface area contributed by atoms with Crippen molar-refractivity contribution in [2.45, 2.75) is 46.0 Å². The molecule has 0 bridgehead atoms. The molecule has 1 atom stereocenters. The van der Waals surface area contributed by atoms with Crippen LogP contribution >= 0.6 is 0 Å². The summed E-state index contributed by atoms with van der Waals surface area (Å²) in [5, 5.41) is 3.40. The number of ether oxygens (including phenoxy) is 1. The van der Waals surface area contributed by atoms with Gasteiger partial charge in [0.1, 0.15) is 0 Å². The number of anilines is 1. The third-order valence-corrected chi connectivity index (χ3v) is 6.67. The minimum absolute atomic E-state index is 0.0996. The standard InChI is InChI=1S/C29H34N2O3/c1-19-25(28(33)34-16-15-20-9-7-6-8-10-20)26(21-11-13-22(14-12-21)31(4)5)27-23(30-19)17-29(2,3)18-24(27)32/h6-14,26,30H,15-18H2,1-5H3/t26-/m0/s1. The molecule has 0 saturated carbocycles. The quantitative estimate of drug-likeness (QED) is 0.607. The normalized spacial score (nSPS) is 19.4. The zero-order chi connectivity index (χ0) is 24.5. The number of rotatable bonds is 6. The van der Waals surface area contributed by atoms with Crippen LogP contribution in [0.15, 0.2) is 77.1 Å². The highest BCUT2D eigenvalue weighted by molar-refractivity contribution is 6.04. The number of hydrogen-bond donors (Lipinski definition) is 1. The summed E-state index contributed by atoms with van der Waals surface area (Å²) in [6.45, 7) is 6.43. The molecule has 0 amide bonds. The van der Waals surface area contributed by atoms with Gasteiger partial charge in [-0.15, -0.1) is 0 Å². The Morgan fingerprint density at radius 1 is 1.06 bits per heavy atom. The molecule has 5 nitrogen and oxygen atoms in total. The molecule has 1 N–H and O–H groups in total. The van der Waals surface area contributed by atoms with Crippen molar-refractivity contribution in [3.8, 4) is 0 Å². The van der Waals surface area contributed by atoms with Crippen LogP contribution in [0, 0.1) is 5.41 Å². The van der Waals surface area contributed by atoms with Crippen LogP contribution in [-0.4, -0.2) is 32.5 Å². The van der Waals surface area contributed by atoms with Gasteiger partial charge < -0.3 is 15.0 Å². The predicted molar refractivity (Wildman–Crippen MR) is 135 cm³/mol. The van der Waals surface area contributed by atoms with Crippen LogP contribution in [0.4, 0.5) is 5.69 Å². The lowest BCUT2D eigenvalue weighted by molar-refractivity contribution is -0.139. The SMILES string of the molecule is CC1=C(C(=O)OCCc2ccccc2)[C@H](c2ccc(N(C)C)cc2)C2=C(CC(C)(C)CC2=O)N1. The number of dihydropyridines is 1. The van der Waals surface area contributed by atoms with Gasteiger partial charge in [-0.2, -0.15) is 0 Å². The zero-order valence-electron chi connectivity index (χ0n) is 20.8. The molecular weight excluding hydrogens is 424 g/mol. The minimum atomic E-state index is -0.430. The third-order valence-electron chi connectivity index (χ3n) is 6.67. The van der Waals surface area contributed by atoms with Crippen molar-refractivity contribution in [2.75, 3.05) is 25.6 Å². The smallest absolute Gasteiger partial charge is 0.336 e. The highest BCUT2D eigenvalue weighted by Crippen LogP contribution is 2.46. The number of ketones is 1. The molecule has 1 aliphatic carbocycles. The van der Waals surface area contributed by atoms with Crippen molar-refractivity contribution in [3.05, 3.63) is 88.3 Å². The van der Waals surface area contributed by atoms with E-state index in [1.54, 1.807) is 0 Å². The summed E-state index contributed by atoms with van der Waals surface area (Å²) >= 11 is 0. The second-order valence-electron chi connectivity index (χ2n) is 10.3. The van der Waals surface area contributed by atoms with E-state index in [0.717, 1.165) is 34.6 Å². The zero-order valence-corrected chi connectivity index (χ0v) is 20.8. The number of benzene rings is 2. The molecule has 0 radical (unpaired) electrons. The first-order valence-corrected chi connectivity index (χ1v) is 11.9. The number of hydrogen-bond acceptors (Lipinski definition) is 5. The van der Waals surface area contributed by atoms with E-state index in [9.17, 15) is 9.59 Å². The van der Waals surface area contributed by atoms with Crippen molar-refractivity contribution < 1.29 is 14.3 Å². The molecular formula is C29H34N2O3. The van der Waals surface area contributed by atoms with Gasteiger partial charge in [-0.3, -0.25) is 4.79 Å². The monoisotopic (exact) mass is 458 g/mol. The minimum Gasteiger partial charge on any atom is -0.462 e. The summed E-state index contributed by atoms with van der Waals surface area (Å²) < 4.78 is 5.75. The molecule has 1 heterocycles. The molecule has 2 aliphatic rings. The summed E-state index contributed by atoms with van der Waals surface area (Å²) in [7, 11) is 3.99. The van der Waals surface area contributed by atoms with E-state index in [1.165, 1.54) is 0 Å². The van der Waals surface area contributed by atoms with Crippen molar-refractivity contribution in [3.63, 3.8) is 0 Å². The molecule has 2 aromatic rings. The molecule has 1 aliphatic heterocycles. The van der Waals surface area contributed by atoms with E-state index in [1.807, 2.05) is 80.5 Å². The molecule has 5 heteroatoms. The molecule has 0 unspecified atom stereocenters. The molecule has 34 heavy (non-hydrogen) atoms. The first kappa shape index (κ1) is 23.8. The number of carbonyl (C=O) groups excluding carboxylic acids is 2. The Hall–Kier alpha value is -3.34. The lowest BCUT2D eigenvalue weighted by atomic mass is 9.68. The third kappa shape index (κ3) is 4.93. The number of nitrogens with one attached hydrogen (secondary N) is 1. The molecule has 0 aromatic heterocycles. The number of Topliss-reactive ketones (excluding diaryl/α,β-unsaturated/α-hetero) is 1. The van der Waals surface area contributed by atoms with E-state index in [4.69, 9.17) is 4.74 Å². The number of esters is 1. The fraction of sp³-hybridized carbons (Fsp3) is 0.379. The molecule has 4 rings (SSSR count). The maximum absolute atomic E-state index is 13.4. The van der Waals surface area contributed by atoms with Gasteiger partial charge >= 0.3 is 5.97 Å². The summed E-state index contributed by atoms with van der Waals surface area (Å²) in [6, 6.07) is 18.1. The summed E-state index contributed by atoms with van der Waals surface area (Å²) in [5.41, 5.74) is 5.92. The fourth-order valence-corrected chi connectivity index (χ4v) is 4.99. The topological polar surface area (TPSA) is 58.6 Å². The Bertz CT molecular complexity index is 1140. The predicted octanol–water partition coefficient (Wildman–Crippen LogP) is 5.14. The fourth-order valence-electron chi connectivity index (χ4n) is 4.99. The number of allylic oxidation sites excluding steroid dienone is 3. The van der Waals surface area contributed by atoms with Crippen molar-refractivity contribution in [1.82, 2.24) is 5.32 Å². The van der Waals surface area contributed by atoms with E-state index in [2.05, 4.69) is 19.2 Å². The summed E-state index contributed by atoms with van der Waals surface area (Å²) in [5.74, 6) is -0.699. The van der Waals surface area contributed by atoms with Gasteiger partial charge in [0.05, 0.1) is 12.2 Å². The highest BCUT2D eigenvalue weighted by Gasteiger charge is 2.43. The first-order valence-electron chi connectivity index (χ1n) is 11.9. The highest BCUT2D eigenvalue weighted by atomic mass is 16.5. The number of nitrogens with zero attached hydrogens (tertiary/aromatic N) is 1. The van der Waals surface area contributed by atoms with Crippen molar-refractivity contribution >= 4 is 17.4 Å². The van der Waals surface area contributed by atoms with Gasteiger partial charge in [-0.25, -0.2) is 4.79 Å². The van der Waals surface area contributed by atoms with Crippen molar-refractivity contribution in [1.29, 1.82) is 0 Å². The van der Waals surface area contributed by atoms with Gasteiger partial charge in [0.15, 0.2) is 5.78 Å². The number of carbonyl (C=O) groups is 2. The largest absolute Gasteiger partial charge is 0.462 e. The Balaban J connectivity index is 1.67. The molecule has 0 spiro atoms. The second kappa shape index (κ2) is 9.49. The first-order chi connectivity index (χ1) is 16.2. The Morgan fingerprint density at radius 2 is 1.74 bits per heavy atom. The average Bonchev–Trinajstić information content (AvgIpc) is 2.78. The van der Waals surface area contributed by atoms with E-state index >= 15 is 0 Å². The molecule has 178 valence electrons. The van der Waals surface area contributed by atoms with Gasteiger partial charge in [-0.05, 0) is 42.0 Å². The van der Waals surface area contributed by atoms with E-state index in [-0.39, 0.29) is 17.2 Å². The van der Waals surface area contributed by atoms with Crippen LogP contribution < -0.4 is 10.2 Å². The Morgan fingerprint density at radius 3 is 2.38 bits per heavy atom. The lowest BCUT2D eigenvalue weighted by Gasteiger charge is -2.39. The maximum Gasteiger partial charge on any atom is 0.336 e. The van der Waals surface area contributed by atoms with E-state index < -0.39 is 5.92 Å². The van der Waals surface area contributed by atoms with Crippen LogP contribution in [0.5, 0.6) is 0 Å². The van der Waals surface area contributed by atoms with Crippen molar-refractivity contribution in [2.24, 2.45) is 5.41 Å². The van der Waals surface area contributed by atoms with Gasteiger partial charge in [0.2, 0.25) is 0 Å². The van der Waals surface area contributed by atoms with Crippen LogP contribution in [-0.2, 0) is 20.7 Å². The molecule has 0 fully saturated rings. The van der Waals surface area contributed by atoms with Gasteiger partial charge in [0.25, 0.3) is 0 Å². The lowest BCUT2D eigenvalue weighted by Crippen LogP contribution is -2.38. The summed E-state index contributed by atoms with van der Waals surface area (Å²) in [6.07, 6.45) is 1.89. The van der Waals surface area contributed by atoms with E-state index in [0.29, 0.717) is 30.6 Å². The maximum atomic E-state index is 13.4. The molecule has 2 aromatic carbocycles. The molecule has 0 saturated heterocycles.